The van der Waals surface area contributed by atoms with Crippen molar-refractivity contribution >= 4 is 16.5 Å². The number of hydrogen-bond donors (Lipinski definition) is 1. The van der Waals surface area contributed by atoms with E-state index in [-0.39, 0.29) is 0 Å². The average molecular weight is 289 g/mol. The fourth-order valence-corrected chi connectivity index (χ4v) is 3.76. The summed E-state index contributed by atoms with van der Waals surface area (Å²) in [7, 11) is -0.591. The number of hydrogen-bond acceptors (Lipinski definition) is 3. The second-order valence-electron chi connectivity index (χ2n) is 5.17. The van der Waals surface area contributed by atoms with Crippen LogP contribution < -0.4 is 5.32 Å². The quantitative estimate of drug-likeness (QED) is 0.939. The van der Waals surface area contributed by atoms with Gasteiger partial charge in [0, 0.05) is 46.4 Å². The average Bonchev–Trinajstić information content (AvgIpc) is 2.96. The van der Waals surface area contributed by atoms with Gasteiger partial charge in [-0.05, 0) is 36.6 Å². The fraction of sp³-hybridized carbons (Fsp3) is 0.400. The minimum Gasteiger partial charge on any atom is -0.382 e. The predicted octanol–water partition coefficient (Wildman–Crippen LogP) is 2.25. The summed E-state index contributed by atoms with van der Waals surface area (Å²) in [4.78, 5) is 0. The third-order valence-electron chi connectivity index (χ3n) is 3.62. The Morgan fingerprint density at radius 2 is 2.00 bits per heavy atom. The standard InChI is InChI=1S/C15H19N3OS/c19-20-10-6-15(7-11-20)17-14-4-2-13(3-5-14)12-18-9-1-8-16-18/h1-5,8-9,15,17H,6-7,10-12H2. The van der Waals surface area contributed by atoms with E-state index in [1.165, 1.54) is 5.56 Å². The van der Waals surface area contributed by atoms with E-state index in [4.69, 9.17) is 0 Å². The van der Waals surface area contributed by atoms with Crippen molar-refractivity contribution in [3.05, 3.63) is 48.3 Å². The molecule has 4 nitrogen and oxygen atoms in total. The van der Waals surface area contributed by atoms with E-state index in [9.17, 15) is 4.21 Å². The van der Waals surface area contributed by atoms with Crippen LogP contribution in [0.2, 0.25) is 0 Å². The highest BCUT2D eigenvalue weighted by Crippen LogP contribution is 2.17. The molecular weight excluding hydrogens is 270 g/mol. The Kier molecular flexibility index (Phi) is 4.16. The maximum absolute atomic E-state index is 11.3. The van der Waals surface area contributed by atoms with Gasteiger partial charge in [0.1, 0.15) is 0 Å². The van der Waals surface area contributed by atoms with Gasteiger partial charge in [-0.3, -0.25) is 8.89 Å². The molecule has 1 aromatic heterocycles. The summed E-state index contributed by atoms with van der Waals surface area (Å²) < 4.78 is 13.2. The van der Waals surface area contributed by atoms with E-state index in [1.54, 1.807) is 6.20 Å². The zero-order chi connectivity index (χ0) is 13.8. The molecule has 1 aromatic carbocycles. The molecule has 106 valence electrons. The Labute approximate surface area is 121 Å². The molecule has 0 atom stereocenters. The lowest BCUT2D eigenvalue weighted by Gasteiger charge is -2.23. The van der Waals surface area contributed by atoms with Crippen molar-refractivity contribution in [1.29, 1.82) is 0 Å². The number of rotatable bonds is 4. The van der Waals surface area contributed by atoms with E-state index in [0.29, 0.717) is 6.04 Å². The van der Waals surface area contributed by atoms with Crippen molar-refractivity contribution in [1.82, 2.24) is 9.78 Å². The van der Waals surface area contributed by atoms with Crippen LogP contribution in [0.4, 0.5) is 5.69 Å². The van der Waals surface area contributed by atoms with Gasteiger partial charge in [-0.2, -0.15) is 5.10 Å². The van der Waals surface area contributed by atoms with E-state index in [2.05, 4.69) is 34.7 Å². The number of anilines is 1. The van der Waals surface area contributed by atoms with Crippen LogP contribution in [0.25, 0.3) is 0 Å². The van der Waals surface area contributed by atoms with E-state index in [1.807, 2.05) is 16.9 Å². The molecule has 2 aromatic rings. The first-order valence-corrected chi connectivity index (χ1v) is 8.46. The summed E-state index contributed by atoms with van der Waals surface area (Å²) in [5.41, 5.74) is 2.39. The zero-order valence-corrected chi connectivity index (χ0v) is 12.2. The molecule has 0 saturated carbocycles. The lowest BCUT2D eigenvalue weighted by Crippen LogP contribution is -2.29. The first-order valence-electron chi connectivity index (χ1n) is 6.97. The molecule has 0 radical (unpaired) electrons. The van der Waals surface area contributed by atoms with Gasteiger partial charge in [0.25, 0.3) is 0 Å². The van der Waals surface area contributed by atoms with Crippen molar-refractivity contribution in [2.45, 2.75) is 25.4 Å². The van der Waals surface area contributed by atoms with E-state index >= 15 is 0 Å². The topological polar surface area (TPSA) is 46.9 Å². The highest BCUT2D eigenvalue weighted by Gasteiger charge is 2.17. The summed E-state index contributed by atoms with van der Waals surface area (Å²) in [6, 6.07) is 10.9. The summed E-state index contributed by atoms with van der Waals surface area (Å²) in [5.74, 6) is 1.66. The molecule has 0 unspecified atom stereocenters. The normalized spacial score (nSPS) is 22.6. The van der Waals surface area contributed by atoms with Crippen molar-refractivity contribution < 1.29 is 4.21 Å². The lowest BCUT2D eigenvalue weighted by atomic mass is 10.1. The Bertz CT molecular complexity index is 555. The van der Waals surface area contributed by atoms with Crippen LogP contribution in [0.5, 0.6) is 0 Å². The molecule has 5 heteroatoms. The maximum Gasteiger partial charge on any atom is 0.0659 e. The molecule has 2 heterocycles. The van der Waals surface area contributed by atoms with Gasteiger partial charge in [0.15, 0.2) is 0 Å². The Hall–Kier alpha value is -1.62. The van der Waals surface area contributed by atoms with Crippen molar-refractivity contribution in [3.63, 3.8) is 0 Å². The SMILES string of the molecule is O=S1CCC(Nc2ccc(Cn3cccn3)cc2)CC1. The third-order valence-corrected chi connectivity index (χ3v) is 5.00. The summed E-state index contributed by atoms with van der Waals surface area (Å²) in [6.45, 7) is 0.801. The zero-order valence-electron chi connectivity index (χ0n) is 11.4. The predicted molar refractivity (Wildman–Crippen MR) is 82.3 cm³/mol. The van der Waals surface area contributed by atoms with Crippen molar-refractivity contribution in [2.24, 2.45) is 0 Å². The van der Waals surface area contributed by atoms with Crippen molar-refractivity contribution in [2.75, 3.05) is 16.8 Å². The van der Waals surface area contributed by atoms with Crippen LogP contribution in [0.1, 0.15) is 18.4 Å². The van der Waals surface area contributed by atoms with Gasteiger partial charge in [-0.25, -0.2) is 0 Å². The van der Waals surface area contributed by atoms with Crippen molar-refractivity contribution in [3.8, 4) is 0 Å². The molecule has 1 N–H and O–H groups in total. The van der Waals surface area contributed by atoms with Gasteiger partial charge in [-0.15, -0.1) is 0 Å². The van der Waals surface area contributed by atoms with E-state index < -0.39 is 10.8 Å². The molecule has 20 heavy (non-hydrogen) atoms. The first-order chi connectivity index (χ1) is 9.79. The third kappa shape index (κ3) is 3.48. The Morgan fingerprint density at radius 3 is 2.65 bits per heavy atom. The molecular formula is C15H19N3OS. The van der Waals surface area contributed by atoms with Gasteiger partial charge in [0.05, 0.1) is 6.54 Å². The first kappa shape index (κ1) is 13.4. The molecule has 0 amide bonds. The summed E-state index contributed by atoms with van der Waals surface area (Å²) >= 11 is 0. The van der Waals surface area contributed by atoms with Crippen LogP contribution in [-0.2, 0) is 17.3 Å². The second kappa shape index (κ2) is 6.22. The van der Waals surface area contributed by atoms with Gasteiger partial charge in [0.2, 0.25) is 0 Å². The smallest absolute Gasteiger partial charge is 0.0659 e. The summed E-state index contributed by atoms with van der Waals surface area (Å²) in [5, 5.41) is 7.74. The fourth-order valence-electron chi connectivity index (χ4n) is 2.46. The largest absolute Gasteiger partial charge is 0.382 e. The van der Waals surface area contributed by atoms with Gasteiger partial charge >= 0.3 is 0 Å². The molecule has 1 saturated heterocycles. The molecule has 0 aliphatic carbocycles. The molecule has 1 fully saturated rings. The number of benzene rings is 1. The second-order valence-corrected chi connectivity index (χ2v) is 6.86. The van der Waals surface area contributed by atoms with Gasteiger partial charge < -0.3 is 5.32 Å². The maximum atomic E-state index is 11.3. The van der Waals surface area contributed by atoms with Crippen LogP contribution in [0, 0.1) is 0 Å². The van der Waals surface area contributed by atoms with Crippen LogP contribution >= 0.6 is 0 Å². The minimum absolute atomic E-state index is 0.463. The molecule has 0 bridgehead atoms. The Balaban J connectivity index is 1.57. The lowest BCUT2D eigenvalue weighted by molar-refractivity contribution is 0.624. The van der Waals surface area contributed by atoms with Crippen LogP contribution in [-0.4, -0.2) is 31.5 Å². The summed E-state index contributed by atoms with van der Waals surface area (Å²) in [6.07, 6.45) is 5.76. The highest BCUT2D eigenvalue weighted by atomic mass is 32.2. The van der Waals surface area contributed by atoms with Crippen LogP contribution in [0.3, 0.4) is 0 Å². The molecule has 1 aliphatic rings. The highest BCUT2D eigenvalue weighted by molar-refractivity contribution is 7.85. The Morgan fingerprint density at radius 1 is 1.25 bits per heavy atom. The van der Waals surface area contributed by atoms with E-state index in [0.717, 1.165) is 36.6 Å². The van der Waals surface area contributed by atoms with Crippen LogP contribution in [0.15, 0.2) is 42.7 Å². The number of aromatic nitrogens is 2. The molecule has 3 rings (SSSR count). The number of nitrogens with one attached hydrogen (secondary N) is 1. The monoisotopic (exact) mass is 289 g/mol. The molecule has 0 spiro atoms. The number of nitrogens with zero attached hydrogens (tertiary/aromatic N) is 2. The van der Waals surface area contributed by atoms with Gasteiger partial charge in [-0.1, -0.05) is 12.1 Å². The minimum atomic E-state index is -0.591. The molecule has 1 aliphatic heterocycles.